The van der Waals surface area contributed by atoms with Crippen LogP contribution in [0.1, 0.15) is 12.5 Å². The summed E-state index contributed by atoms with van der Waals surface area (Å²) in [7, 11) is 0. The van der Waals surface area contributed by atoms with Crippen molar-refractivity contribution >= 4 is 17.4 Å². The Bertz CT molecular complexity index is 647. The number of nitrogens with zero attached hydrogens (tertiary/aromatic N) is 3. The largest absolute Gasteiger partial charge is 0.377 e. The first-order valence-corrected chi connectivity index (χ1v) is 7.47. The maximum absolute atomic E-state index is 6.22. The molecule has 0 spiro atoms. The Morgan fingerprint density at radius 1 is 1.38 bits per heavy atom. The zero-order valence-corrected chi connectivity index (χ0v) is 13.0. The summed E-state index contributed by atoms with van der Waals surface area (Å²) < 4.78 is 5.48. The summed E-state index contributed by atoms with van der Waals surface area (Å²) >= 11 is 6.22. The molecule has 1 aliphatic rings. The summed E-state index contributed by atoms with van der Waals surface area (Å²) in [5, 5.41) is 0.492. The van der Waals surface area contributed by atoms with Crippen LogP contribution >= 0.6 is 11.6 Å². The first kappa shape index (κ1) is 14.3. The molecule has 21 heavy (non-hydrogen) atoms. The maximum atomic E-state index is 6.22. The van der Waals surface area contributed by atoms with Crippen LogP contribution in [-0.4, -0.2) is 35.8 Å². The molecule has 0 aliphatic carbocycles. The van der Waals surface area contributed by atoms with Gasteiger partial charge in [-0.2, -0.15) is 0 Å². The van der Waals surface area contributed by atoms with Gasteiger partial charge in [0.1, 0.15) is 11.0 Å². The standard InChI is InChI=1S/C16H18ClN3O/c1-11-4-3-5-18-16(11)13-8-14(17)19-15(9-13)20-6-7-21-10-12(20)2/h3-5,8-9,12H,6-7,10H2,1-2H3/t12-/m1/s1. The summed E-state index contributed by atoms with van der Waals surface area (Å²) in [6.07, 6.45) is 1.80. The predicted octanol–water partition coefficient (Wildman–Crippen LogP) is 3.33. The Labute approximate surface area is 129 Å². The molecule has 1 saturated heterocycles. The minimum atomic E-state index is 0.294. The summed E-state index contributed by atoms with van der Waals surface area (Å²) in [6, 6.07) is 8.21. The number of hydrogen-bond acceptors (Lipinski definition) is 4. The highest BCUT2D eigenvalue weighted by molar-refractivity contribution is 6.29. The van der Waals surface area contributed by atoms with Gasteiger partial charge in [-0.15, -0.1) is 0 Å². The van der Waals surface area contributed by atoms with Crippen molar-refractivity contribution in [2.45, 2.75) is 19.9 Å². The summed E-state index contributed by atoms with van der Waals surface area (Å²) in [5.74, 6) is 0.887. The van der Waals surface area contributed by atoms with E-state index in [0.717, 1.165) is 35.8 Å². The van der Waals surface area contributed by atoms with E-state index in [2.05, 4.69) is 27.9 Å². The average Bonchev–Trinajstić information content (AvgIpc) is 2.47. The molecule has 0 unspecified atom stereocenters. The molecule has 0 saturated carbocycles. The van der Waals surface area contributed by atoms with E-state index < -0.39 is 0 Å². The summed E-state index contributed by atoms with van der Waals surface area (Å²) in [6.45, 7) is 6.44. The lowest BCUT2D eigenvalue weighted by molar-refractivity contribution is 0.0985. The van der Waals surface area contributed by atoms with Crippen LogP contribution in [0.25, 0.3) is 11.3 Å². The highest BCUT2D eigenvalue weighted by Crippen LogP contribution is 2.28. The van der Waals surface area contributed by atoms with Gasteiger partial charge in [0.25, 0.3) is 0 Å². The Balaban J connectivity index is 2.02. The fraction of sp³-hybridized carbons (Fsp3) is 0.375. The lowest BCUT2D eigenvalue weighted by Crippen LogP contribution is -2.44. The Morgan fingerprint density at radius 3 is 3.00 bits per heavy atom. The van der Waals surface area contributed by atoms with Crippen molar-refractivity contribution in [3.63, 3.8) is 0 Å². The molecule has 0 aromatic carbocycles. The van der Waals surface area contributed by atoms with Crippen LogP contribution in [0.5, 0.6) is 0 Å². The molecular formula is C16H18ClN3O. The predicted molar refractivity (Wildman–Crippen MR) is 84.8 cm³/mol. The molecule has 0 bridgehead atoms. The average molecular weight is 304 g/mol. The Morgan fingerprint density at radius 2 is 2.24 bits per heavy atom. The quantitative estimate of drug-likeness (QED) is 0.798. The van der Waals surface area contributed by atoms with Gasteiger partial charge in [-0.05, 0) is 37.6 Å². The molecular weight excluding hydrogens is 286 g/mol. The van der Waals surface area contributed by atoms with Crippen molar-refractivity contribution in [3.05, 3.63) is 41.2 Å². The maximum Gasteiger partial charge on any atom is 0.132 e. The number of pyridine rings is 2. The molecule has 1 fully saturated rings. The smallest absolute Gasteiger partial charge is 0.132 e. The van der Waals surface area contributed by atoms with Crippen molar-refractivity contribution < 1.29 is 4.74 Å². The second-order valence-corrected chi connectivity index (χ2v) is 5.71. The third-order valence-electron chi connectivity index (χ3n) is 3.73. The number of morpholine rings is 1. The van der Waals surface area contributed by atoms with Gasteiger partial charge in [0.05, 0.1) is 24.9 Å². The molecule has 110 valence electrons. The second kappa shape index (κ2) is 6.00. The number of ether oxygens (including phenoxy) is 1. The minimum absolute atomic E-state index is 0.294. The van der Waals surface area contributed by atoms with Gasteiger partial charge in [-0.3, -0.25) is 4.98 Å². The first-order chi connectivity index (χ1) is 10.1. The number of aromatic nitrogens is 2. The van der Waals surface area contributed by atoms with E-state index in [4.69, 9.17) is 16.3 Å². The van der Waals surface area contributed by atoms with E-state index in [-0.39, 0.29) is 0 Å². The number of rotatable bonds is 2. The SMILES string of the molecule is Cc1cccnc1-c1cc(Cl)nc(N2CCOC[C@H]2C)c1. The van der Waals surface area contributed by atoms with E-state index in [0.29, 0.717) is 17.8 Å². The fourth-order valence-electron chi connectivity index (χ4n) is 2.62. The van der Waals surface area contributed by atoms with Gasteiger partial charge in [-0.1, -0.05) is 17.7 Å². The van der Waals surface area contributed by atoms with Crippen molar-refractivity contribution in [1.82, 2.24) is 9.97 Å². The summed E-state index contributed by atoms with van der Waals surface area (Å²) in [5.41, 5.74) is 3.08. The summed E-state index contributed by atoms with van der Waals surface area (Å²) in [4.78, 5) is 11.2. The number of halogens is 1. The Kier molecular flexibility index (Phi) is 4.08. The van der Waals surface area contributed by atoms with Crippen molar-refractivity contribution in [2.75, 3.05) is 24.7 Å². The van der Waals surface area contributed by atoms with Gasteiger partial charge >= 0.3 is 0 Å². The van der Waals surface area contributed by atoms with Crippen LogP contribution in [0.2, 0.25) is 5.15 Å². The zero-order chi connectivity index (χ0) is 14.8. The van der Waals surface area contributed by atoms with E-state index in [1.54, 1.807) is 6.20 Å². The van der Waals surface area contributed by atoms with E-state index in [9.17, 15) is 0 Å². The van der Waals surface area contributed by atoms with Gasteiger partial charge < -0.3 is 9.64 Å². The number of anilines is 1. The lowest BCUT2D eigenvalue weighted by Gasteiger charge is -2.34. The molecule has 0 amide bonds. The van der Waals surface area contributed by atoms with Crippen LogP contribution in [0.3, 0.4) is 0 Å². The van der Waals surface area contributed by atoms with Crippen LogP contribution in [0.4, 0.5) is 5.82 Å². The van der Waals surface area contributed by atoms with Crippen LogP contribution in [-0.2, 0) is 4.74 Å². The van der Waals surface area contributed by atoms with Gasteiger partial charge in [0.2, 0.25) is 0 Å². The van der Waals surface area contributed by atoms with E-state index in [1.807, 2.05) is 25.1 Å². The lowest BCUT2D eigenvalue weighted by atomic mass is 10.1. The van der Waals surface area contributed by atoms with Crippen LogP contribution < -0.4 is 4.90 Å². The molecule has 3 heterocycles. The first-order valence-electron chi connectivity index (χ1n) is 7.09. The van der Waals surface area contributed by atoms with Crippen LogP contribution in [0, 0.1) is 6.92 Å². The molecule has 3 rings (SSSR count). The molecule has 5 heteroatoms. The van der Waals surface area contributed by atoms with Gasteiger partial charge in [0.15, 0.2) is 0 Å². The minimum Gasteiger partial charge on any atom is -0.377 e. The third kappa shape index (κ3) is 3.01. The highest BCUT2D eigenvalue weighted by Gasteiger charge is 2.21. The van der Waals surface area contributed by atoms with Gasteiger partial charge in [-0.25, -0.2) is 4.98 Å². The van der Waals surface area contributed by atoms with E-state index >= 15 is 0 Å². The number of hydrogen-bond donors (Lipinski definition) is 0. The zero-order valence-electron chi connectivity index (χ0n) is 12.2. The third-order valence-corrected chi connectivity index (χ3v) is 3.92. The molecule has 2 aromatic rings. The van der Waals surface area contributed by atoms with Crippen molar-refractivity contribution in [2.24, 2.45) is 0 Å². The van der Waals surface area contributed by atoms with E-state index in [1.165, 1.54) is 0 Å². The highest BCUT2D eigenvalue weighted by atomic mass is 35.5. The molecule has 4 nitrogen and oxygen atoms in total. The number of aryl methyl sites for hydroxylation is 1. The normalized spacial score (nSPS) is 18.8. The monoisotopic (exact) mass is 303 g/mol. The van der Waals surface area contributed by atoms with Crippen LogP contribution in [0.15, 0.2) is 30.5 Å². The molecule has 2 aromatic heterocycles. The molecule has 0 radical (unpaired) electrons. The second-order valence-electron chi connectivity index (χ2n) is 5.32. The van der Waals surface area contributed by atoms with Crippen molar-refractivity contribution in [3.8, 4) is 11.3 Å². The topological polar surface area (TPSA) is 38.2 Å². The molecule has 1 atom stereocenters. The van der Waals surface area contributed by atoms with Gasteiger partial charge in [0, 0.05) is 18.3 Å². The molecule has 0 N–H and O–H groups in total. The van der Waals surface area contributed by atoms with Crippen molar-refractivity contribution in [1.29, 1.82) is 0 Å². The fourth-order valence-corrected chi connectivity index (χ4v) is 2.83. The Hall–Kier alpha value is -1.65. The molecule has 1 aliphatic heterocycles.